The Labute approximate surface area is 169 Å². The molecule has 0 saturated carbocycles. The Balaban J connectivity index is 1.53. The normalized spacial score (nSPS) is 10.8. The van der Waals surface area contributed by atoms with Gasteiger partial charge in [0, 0.05) is 38.4 Å². The molecule has 0 aliphatic rings. The van der Waals surface area contributed by atoms with Crippen LogP contribution in [-0.2, 0) is 31.2 Å². The monoisotopic (exact) mass is 395 g/mol. The van der Waals surface area contributed by atoms with Gasteiger partial charge in [-0.1, -0.05) is 48.2 Å². The van der Waals surface area contributed by atoms with E-state index in [-0.39, 0.29) is 5.91 Å². The number of carbonyl (C=O) groups excluding carboxylic acids is 1. The van der Waals surface area contributed by atoms with Crippen molar-refractivity contribution in [3.05, 3.63) is 78.4 Å². The highest BCUT2D eigenvalue weighted by molar-refractivity contribution is 7.99. The van der Waals surface area contributed by atoms with Crippen molar-refractivity contribution in [3.63, 3.8) is 0 Å². The molecule has 0 atom stereocenters. The quantitative estimate of drug-likeness (QED) is 0.423. The number of hydrogen-bond donors (Lipinski definition) is 1. The molecule has 28 heavy (non-hydrogen) atoms. The molecule has 0 aliphatic carbocycles. The van der Waals surface area contributed by atoms with Gasteiger partial charge in [0.2, 0.25) is 5.91 Å². The lowest BCUT2D eigenvalue weighted by molar-refractivity contribution is -0.118. The number of rotatable bonds is 10. The van der Waals surface area contributed by atoms with E-state index in [1.807, 2.05) is 48.2 Å². The second kappa shape index (κ2) is 9.94. The third-order valence-corrected chi connectivity index (χ3v) is 5.37. The highest BCUT2D eigenvalue weighted by atomic mass is 32.2. The van der Waals surface area contributed by atoms with Crippen LogP contribution >= 0.6 is 11.8 Å². The molecule has 0 radical (unpaired) electrons. The van der Waals surface area contributed by atoms with Gasteiger partial charge in [0.1, 0.15) is 5.82 Å². The predicted molar refractivity (Wildman–Crippen MR) is 112 cm³/mol. The Hall–Kier alpha value is -2.80. The molecule has 6 nitrogen and oxygen atoms in total. The van der Waals surface area contributed by atoms with E-state index in [1.165, 1.54) is 17.3 Å². The molecule has 3 rings (SSSR count). The largest absolute Gasteiger partial charge is 0.355 e. The number of thioether (sulfide) groups is 1. The number of benzene rings is 1. The van der Waals surface area contributed by atoms with Crippen molar-refractivity contribution >= 4 is 17.7 Å². The summed E-state index contributed by atoms with van der Waals surface area (Å²) in [5.41, 5.74) is 2.37. The topological polar surface area (TPSA) is 64.7 Å². The van der Waals surface area contributed by atoms with Crippen molar-refractivity contribution in [2.45, 2.75) is 24.5 Å². The van der Waals surface area contributed by atoms with Crippen molar-refractivity contribution in [3.8, 4) is 0 Å². The Morgan fingerprint density at radius 1 is 1.21 bits per heavy atom. The van der Waals surface area contributed by atoms with Gasteiger partial charge >= 0.3 is 0 Å². The molecule has 7 heteroatoms. The second-order valence-corrected chi connectivity index (χ2v) is 7.40. The van der Waals surface area contributed by atoms with Gasteiger partial charge < -0.3 is 14.5 Å². The molecule has 0 saturated heterocycles. The fraction of sp³-hybridized carbons (Fsp3) is 0.286. The zero-order valence-corrected chi connectivity index (χ0v) is 16.9. The van der Waals surface area contributed by atoms with Crippen LogP contribution in [0.2, 0.25) is 0 Å². The van der Waals surface area contributed by atoms with Gasteiger partial charge in [0.25, 0.3) is 0 Å². The average Bonchev–Trinajstić information content (AvgIpc) is 3.28. The maximum atomic E-state index is 12.2. The molecule has 2 heterocycles. The van der Waals surface area contributed by atoms with Crippen LogP contribution in [0, 0.1) is 0 Å². The van der Waals surface area contributed by atoms with E-state index >= 15 is 0 Å². The zero-order valence-electron chi connectivity index (χ0n) is 16.0. The first kappa shape index (κ1) is 19.9. The predicted octanol–water partition coefficient (Wildman–Crippen LogP) is 2.84. The van der Waals surface area contributed by atoms with Gasteiger partial charge in [-0.3, -0.25) is 4.79 Å². The lowest BCUT2D eigenvalue weighted by atomic mass is 10.1. The van der Waals surface area contributed by atoms with E-state index in [0.717, 1.165) is 23.1 Å². The number of nitrogens with one attached hydrogen (secondary N) is 1. The maximum Gasteiger partial charge on any atom is 0.230 e. The second-order valence-electron chi connectivity index (χ2n) is 6.46. The van der Waals surface area contributed by atoms with Gasteiger partial charge in [-0.05, 0) is 24.1 Å². The fourth-order valence-electron chi connectivity index (χ4n) is 2.88. The molecule has 1 N–H and O–H groups in total. The van der Waals surface area contributed by atoms with Gasteiger partial charge in [-0.2, -0.15) is 0 Å². The Bertz CT molecular complexity index is 916. The summed E-state index contributed by atoms with van der Waals surface area (Å²) in [7, 11) is 2.01. The molecule has 0 bridgehead atoms. The summed E-state index contributed by atoms with van der Waals surface area (Å²) in [4.78, 5) is 12.2. The van der Waals surface area contributed by atoms with Crippen molar-refractivity contribution in [2.75, 3.05) is 12.3 Å². The standard InChI is InChI=1S/C21H25N5OS/c1-3-13-26-19(15-18-10-7-14-25(18)2)23-24-21(26)28-16-20(27)22-12-11-17-8-5-4-6-9-17/h3-10,14H,1,11-13,15-16H2,2H3,(H,22,27). The van der Waals surface area contributed by atoms with Gasteiger partial charge in [0.05, 0.1) is 5.75 Å². The summed E-state index contributed by atoms with van der Waals surface area (Å²) in [6, 6.07) is 14.2. The van der Waals surface area contributed by atoms with Crippen LogP contribution in [0.15, 0.2) is 66.5 Å². The summed E-state index contributed by atoms with van der Waals surface area (Å²) in [5.74, 6) is 1.18. The minimum Gasteiger partial charge on any atom is -0.355 e. The SMILES string of the molecule is C=CCn1c(Cc2cccn2C)nnc1SCC(=O)NCCc1ccccc1. The number of amides is 1. The van der Waals surface area contributed by atoms with Crippen LogP contribution in [0.5, 0.6) is 0 Å². The number of aromatic nitrogens is 4. The van der Waals surface area contributed by atoms with Crippen LogP contribution in [0.25, 0.3) is 0 Å². The lowest BCUT2D eigenvalue weighted by Crippen LogP contribution is -2.27. The van der Waals surface area contributed by atoms with E-state index in [4.69, 9.17) is 0 Å². The zero-order chi connectivity index (χ0) is 19.8. The molecule has 0 spiro atoms. The molecule has 0 aliphatic heterocycles. The number of carbonyl (C=O) groups is 1. The minimum absolute atomic E-state index is 0.00179. The van der Waals surface area contributed by atoms with E-state index in [1.54, 1.807) is 0 Å². The summed E-state index contributed by atoms with van der Waals surface area (Å²) in [6.45, 7) is 5.07. The van der Waals surface area contributed by atoms with E-state index in [2.05, 4.69) is 44.9 Å². The van der Waals surface area contributed by atoms with Gasteiger partial charge in [-0.15, -0.1) is 16.8 Å². The first-order valence-electron chi connectivity index (χ1n) is 9.24. The van der Waals surface area contributed by atoms with Crippen LogP contribution < -0.4 is 5.32 Å². The Kier molecular flexibility index (Phi) is 7.08. The van der Waals surface area contributed by atoms with Crippen molar-refractivity contribution < 1.29 is 4.79 Å². The first-order valence-corrected chi connectivity index (χ1v) is 10.2. The number of aryl methyl sites for hydroxylation is 1. The molecule has 0 unspecified atom stereocenters. The van der Waals surface area contributed by atoms with Crippen molar-refractivity contribution in [2.24, 2.45) is 7.05 Å². The first-order chi connectivity index (χ1) is 13.7. The number of hydrogen-bond acceptors (Lipinski definition) is 4. The number of nitrogens with zero attached hydrogens (tertiary/aromatic N) is 4. The van der Waals surface area contributed by atoms with E-state index < -0.39 is 0 Å². The Morgan fingerprint density at radius 3 is 2.75 bits per heavy atom. The van der Waals surface area contributed by atoms with Gasteiger partial charge in [-0.25, -0.2) is 0 Å². The number of allylic oxidation sites excluding steroid dienone is 1. The van der Waals surface area contributed by atoms with Gasteiger partial charge in [0.15, 0.2) is 5.16 Å². The molecular weight excluding hydrogens is 370 g/mol. The maximum absolute atomic E-state index is 12.2. The fourth-order valence-corrected chi connectivity index (χ4v) is 3.68. The lowest BCUT2D eigenvalue weighted by Gasteiger charge is -2.09. The third kappa shape index (κ3) is 5.36. The summed E-state index contributed by atoms with van der Waals surface area (Å²) >= 11 is 1.40. The highest BCUT2D eigenvalue weighted by Gasteiger charge is 2.14. The van der Waals surface area contributed by atoms with Crippen LogP contribution in [0.4, 0.5) is 0 Å². The molecule has 3 aromatic rings. The summed E-state index contributed by atoms with van der Waals surface area (Å²) in [5, 5.41) is 12.3. The smallest absolute Gasteiger partial charge is 0.230 e. The van der Waals surface area contributed by atoms with Crippen molar-refractivity contribution in [1.29, 1.82) is 0 Å². The van der Waals surface area contributed by atoms with E-state index in [9.17, 15) is 4.79 Å². The third-order valence-electron chi connectivity index (χ3n) is 4.41. The van der Waals surface area contributed by atoms with Crippen LogP contribution in [0.3, 0.4) is 0 Å². The molecule has 0 fully saturated rings. The molecule has 146 valence electrons. The highest BCUT2D eigenvalue weighted by Crippen LogP contribution is 2.19. The molecule has 1 aromatic carbocycles. The summed E-state index contributed by atoms with van der Waals surface area (Å²) < 4.78 is 4.09. The van der Waals surface area contributed by atoms with Crippen molar-refractivity contribution in [1.82, 2.24) is 24.6 Å². The van der Waals surface area contributed by atoms with Crippen LogP contribution in [0.1, 0.15) is 17.1 Å². The molecule has 2 aromatic heterocycles. The Morgan fingerprint density at radius 2 is 2.04 bits per heavy atom. The van der Waals surface area contributed by atoms with E-state index in [0.29, 0.717) is 25.3 Å². The summed E-state index contributed by atoms with van der Waals surface area (Å²) in [6.07, 6.45) is 5.35. The minimum atomic E-state index is -0.00179. The van der Waals surface area contributed by atoms with Crippen LogP contribution in [-0.4, -0.2) is 37.5 Å². The molecule has 1 amide bonds. The molecular formula is C21H25N5OS. The average molecular weight is 396 g/mol.